The number of anilines is 1. The van der Waals surface area contributed by atoms with E-state index in [1.807, 2.05) is 5.40 Å². The van der Waals surface area contributed by atoms with Gasteiger partial charge < -0.3 is 20.7 Å². The highest BCUT2D eigenvalue weighted by molar-refractivity contribution is 8.03. The molecule has 102 valence electrons. The first kappa shape index (κ1) is 15.3. The SMILES string of the molecule is CCOC(=O)C(O)C(O)c1cc(SC#N)ccc1N. The molecule has 0 spiro atoms. The summed E-state index contributed by atoms with van der Waals surface area (Å²) >= 11 is 0.887. The van der Waals surface area contributed by atoms with Gasteiger partial charge in [-0.15, -0.1) is 0 Å². The van der Waals surface area contributed by atoms with E-state index in [4.69, 9.17) is 11.0 Å². The van der Waals surface area contributed by atoms with E-state index >= 15 is 0 Å². The average Bonchev–Trinajstić information content (AvgIpc) is 2.40. The number of nitrogens with two attached hydrogens (primary N) is 1. The maximum Gasteiger partial charge on any atom is 0.338 e. The summed E-state index contributed by atoms with van der Waals surface area (Å²) < 4.78 is 4.62. The summed E-state index contributed by atoms with van der Waals surface area (Å²) in [6, 6.07) is 4.56. The molecular formula is C12H14N2O4S. The van der Waals surface area contributed by atoms with Gasteiger partial charge in [-0.05, 0) is 36.9 Å². The number of nitrogen functional groups attached to an aromatic ring is 1. The maximum absolute atomic E-state index is 11.3. The van der Waals surface area contributed by atoms with Crippen molar-refractivity contribution in [2.45, 2.75) is 24.0 Å². The van der Waals surface area contributed by atoms with Gasteiger partial charge in [0.05, 0.1) is 6.61 Å². The van der Waals surface area contributed by atoms with E-state index in [0.29, 0.717) is 4.90 Å². The van der Waals surface area contributed by atoms with Gasteiger partial charge in [-0.25, -0.2) is 4.79 Å². The highest BCUT2D eigenvalue weighted by Gasteiger charge is 2.28. The minimum absolute atomic E-state index is 0.0996. The first-order chi connectivity index (χ1) is 9.01. The van der Waals surface area contributed by atoms with E-state index in [1.165, 1.54) is 12.1 Å². The summed E-state index contributed by atoms with van der Waals surface area (Å²) in [4.78, 5) is 11.9. The predicted molar refractivity (Wildman–Crippen MR) is 69.9 cm³/mol. The van der Waals surface area contributed by atoms with Crippen LogP contribution in [0.25, 0.3) is 0 Å². The monoisotopic (exact) mass is 282 g/mol. The topological polar surface area (TPSA) is 117 Å². The van der Waals surface area contributed by atoms with Gasteiger partial charge in [0.25, 0.3) is 0 Å². The Morgan fingerprint density at radius 3 is 2.84 bits per heavy atom. The Labute approximate surface area is 114 Å². The zero-order valence-corrected chi connectivity index (χ0v) is 11.1. The molecule has 0 amide bonds. The molecule has 1 rings (SSSR count). The van der Waals surface area contributed by atoms with Crippen molar-refractivity contribution in [2.24, 2.45) is 0 Å². The Kier molecular flexibility index (Phi) is 5.63. The summed E-state index contributed by atoms with van der Waals surface area (Å²) in [6.45, 7) is 1.69. The van der Waals surface area contributed by atoms with Crippen LogP contribution in [0.4, 0.5) is 5.69 Å². The highest BCUT2D eigenvalue weighted by Crippen LogP contribution is 2.28. The van der Waals surface area contributed by atoms with Crippen LogP contribution in [0.3, 0.4) is 0 Å². The number of nitriles is 1. The Balaban J connectivity index is 2.98. The van der Waals surface area contributed by atoms with E-state index in [1.54, 1.807) is 13.0 Å². The van der Waals surface area contributed by atoms with Crippen LogP contribution >= 0.6 is 11.8 Å². The molecule has 19 heavy (non-hydrogen) atoms. The van der Waals surface area contributed by atoms with Crippen molar-refractivity contribution >= 4 is 23.4 Å². The molecule has 0 bridgehead atoms. The van der Waals surface area contributed by atoms with Gasteiger partial charge in [-0.1, -0.05) is 0 Å². The number of thioether (sulfide) groups is 1. The molecule has 0 aliphatic carbocycles. The Morgan fingerprint density at radius 2 is 2.26 bits per heavy atom. The predicted octanol–water partition coefficient (Wildman–Crippen LogP) is 0.799. The molecule has 0 saturated carbocycles. The number of hydrogen-bond donors (Lipinski definition) is 3. The van der Waals surface area contributed by atoms with Crippen LogP contribution in [-0.4, -0.2) is 28.9 Å². The molecule has 6 nitrogen and oxygen atoms in total. The van der Waals surface area contributed by atoms with Crippen molar-refractivity contribution in [1.82, 2.24) is 0 Å². The molecule has 7 heteroatoms. The van der Waals surface area contributed by atoms with E-state index in [0.717, 1.165) is 11.8 Å². The minimum atomic E-state index is -1.72. The van der Waals surface area contributed by atoms with Gasteiger partial charge in [0, 0.05) is 16.1 Å². The Morgan fingerprint density at radius 1 is 1.58 bits per heavy atom. The number of nitrogens with zero attached hydrogens (tertiary/aromatic N) is 1. The van der Waals surface area contributed by atoms with Crippen LogP contribution in [0.5, 0.6) is 0 Å². The normalized spacial score (nSPS) is 13.4. The summed E-state index contributed by atoms with van der Waals surface area (Å²) in [5.74, 6) is -0.923. The van der Waals surface area contributed by atoms with E-state index in [2.05, 4.69) is 4.74 Å². The lowest BCUT2D eigenvalue weighted by molar-refractivity contribution is -0.159. The van der Waals surface area contributed by atoms with Gasteiger partial charge in [0.2, 0.25) is 0 Å². The quantitative estimate of drug-likeness (QED) is 0.316. The number of aliphatic hydroxyl groups is 2. The molecule has 0 aliphatic heterocycles. The maximum atomic E-state index is 11.3. The standard InChI is InChI=1S/C12H14N2O4S/c1-2-18-12(17)11(16)10(15)8-5-7(19-6-13)3-4-9(8)14/h3-5,10-11,15-16H,2,14H2,1H3. The molecule has 0 aliphatic rings. The number of benzene rings is 1. The fourth-order valence-corrected chi connectivity index (χ4v) is 1.88. The molecule has 2 atom stereocenters. The lowest BCUT2D eigenvalue weighted by Crippen LogP contribution is -2.30. The molecule has 1 aromatic carbocycles. The van der Waals surface area contributed by atoms with Crippen molar-refractivity contribution in [3.8, 4) is 5.40 Å². The lowest BCUT2D eigenvalue weighted by atomic mass is 10.0. The van der Waals surface area contributed by atoms with Gasteiger partial charge in [0.1, 0.15) is 11.5 Å². The number of carbonyl (C=O) groups is 1. The largest absolute Gasteiger partial charge is 0.464 e. The van der Waals surface area contributed by atoms with E-state index in [-0.39, 0.29) is 17.9 Å². The van der Waals surface area contributed by atoms with Crippen molar-refractivity contribution in [2.75, 3.05) is 12.3 Å². The summed E-state index contributed by atoms with van der Waals surface area (Å²) in [5, 5.41) is 30.1. The van der Waals surface area contributed by atoms with Crippen LogP contribution in [0.1, 0.15) is 18.6 Å². The summed E-state index contributed by atoms with van der Waals surface area (Å²) in [7, 11) is 0. The molecule has 0 radical (unpaired) electrons. The fourth-order valence-electron chi connectivity index (χ4n) is 1.45. The number of hydrogen-bond acceptors (Lipinski definition) is 7. The third kappa shape index (κ3) is 3.86. The molecule has 2 unspecified atom stereocenters. The number of aliphatic hydroxyl groups excluding tert-OH is 2. The van der Waals surface area contributed by atoms with Crippen molar-refractivity contribution in [3.05, 3.63) is 23.8 Å². The Bertz CT molecular complexity index is 501. The van der Waals surface area contributed by atoms with Crippen LogP contribution in [0, 0.1) is 10.7 Å². The number of ether oxygens (including phenoxy) is 1. The molecule has 1 aromatic rings. The van der Waals surface area contributed by atoms with Crippen LogP contribution in [0.15, 0.2) is 23.1 Å². The zero-order chi connectivity index (χ0) is 14.4. The van der Waals surface area contributed by atoms with Gasteiger partial charge >= 0.3 is 5.97 Å². The number of esters is 1. The van der Waals surface area contributed by atoms with E-state index < -0.39 is 18.2 Å². The van der Waals surface area contributed by atoms with Crippen molar-refractivity contribution in [1.29, 1.82) is 5.26 Å². The third-order valence-corrected chi connectivity index (χ3v) is 2.95. The first-order valence-corrected chi connectivity index (χ1v) is 6.31. The van der Waals surface area contributed by atoms with Gasteiger partial charge in [-0.2, -0.15) is 5.26 Å². The van der Waals surface area contributed by atoms with Gasteiger partial charge in [0.15, 0.2) is 6.10 Å². The van der Waals surface area contributed by atoms with Gasteiger partial charge in [-0.3, -0.25) is 0 Å². The molecular weight excluding hydrogens is 268 g/mol. The second kappa shape index (κ2) is 6.99. The first-order valence-electron chi connectivity index (χ1n) is 5.49. The minimum Gasteiger partial charge on any atom is -0.464 e. The van der Waals surface area contributed by atoms with Crippen molar-refractivity contribution < 1.29 is 19.7 Å². The molecule has 4 N–H and O–H groups in total. The third-order valence-electron chi connectivity index (χ3n) is 2.37. The number of rotatable bonds is 5. The lowest BCUT2D eigenvalue weighted by Gasteiger charge is -2.18. The highest BCUT2D eigenvalue weighted by atomic mass is 32.2. The smallest absolute Gasteiger partial charge is 0.338 e. The van der Waals surface area contributed by atoms with Crippen LogP contribution in [-0.2, 0) is 9.53 Å². The number of carbonyl (C=O) groups excluding carboxylic acids is 1. The molecule has 0 fully saturated rings. The Hall–Kier alpha value is -1.75. The van der Waals surface area contributed by atoms with E-state index in [9.17, 15) is 15.0 Å². The molecule has 0 aromatic heterocycles. The zero-order valence-electron chi connectivity index (χ0n) is 10.2. The fraction of sp³-hybridized carbons (Fsp3) is 0.333. The second-order valence-corrected chi connectivity index (χ2v) is 4.48. The molecule has 0 heterocycles. The summed E-state index contributed by atoms with van der Waals surface area (Å²) in [6.07, 6.45) is -3.22. The summed E-state index contributed by atoms with van der Waals surface area (Å²) in [5.41, 5.74) is 6.08. The average molecular weight is 282 g/mol. The molecule has 0 saturated heterocycles. The van der Waals surface area contributed by atoms with Crippen LogP contribution in [0.2, 0.25) is 0 Å². The second-order valence-electron chi connectivity index (χ2n) is 3.63. The number of thiocyanates is 1. The van der Waals surface area contributed by atoms with Crippen molar-refractivity contribution in [3.63, 3.8) is 0 Å². The van der Waals surface area contributed by atoms with Crippen LogP contribution < -0.4 is 5.73 Å².